The number of aromatic nitrogens is 3. The monoisotopic (exact) mass is 466 g/mol. The quantitative estimate of drug-likeness (QED) is 0.380. The van der Waals surface area contributed by atoms with Gasteiger partial charge in [0, 0.05) is 18.1 Å². The van der Waals surface area contributed by atoms with E-state index in [4.69, 9.17) is 0 Å². The number of rotatable bonds is 6. The molecule has 5 rings (SSSR count). The van der Waals surface area contributed by atoms with Crippen molar-refractivity contribution in [3.63, 3.8) is 0 Å². The van der Waals surface area contributed by atoms with Crippen LogP contribution in [-0.2, 0) is 13.0 Å². The van der Waals surface area contributed by atoms with Gasteiger partial charge in [0.05, 0.1) is 23.1 Å². The zero-order chi connectivity index (χ0) is 23.5. The van der Waals surface area contributed by atoms with Gasteiger partial charge in [0.1, 0.15) is 4.83 Å². The van der Waals surface area contributed by atoms with Gasteiger partial charge in [-0.3, -0.25) is 19.1 Å². The molecule has 168 valence electrons. The van der Waals surface area contributed by atoms with E-state index < -0.39 is 0 Å². The normalized spacial score (nSPS) is 11.0. The predicted octanol–water partition coefficient (Wildman–Crippen LogP) is 5.05. The maximum absolute atomic E-state index is 13.1. The lowest BCUT2D eigenvalue weighted by molar-refractivity contribution is 0.103. The molecule has 0 radical (unpaired) electrons. The molecule has 7 heteroatoms. The maximum Gasteiger partial charge on any atom is 0.266 e. The van der Waals surface area contributed by atoms with Crippen molar-refractivity contribution in [1.29, 1.82) is 0 Å². The first-order valence-electron chi connectivity index (χ1n) is 10.9. The van der Waals surface area contributed by atoms with Crippen LogP contribution in [-0.4, -0.2) is 20.4 Å². The van der Waals surface area contributed by atoms with Gasteiger partial charge >= 0.3 is 0 Å². The first-order chi connectivity index (χ1) is 16.6. The summed E-state index contributed by atoms with van der Waals surface area (Å²) in [7, 11) is 0. The van der Waals surface area contributed by atoms with Crippen LogP contribution in [0.25, 0.3) is 10.2 Å². The van der Waals surface area contributed by atoms with E-state index in [-0.39, 0.29) is 11.5 Å². The number of thiophene rings is 1. The lowest BCUT2D eigenvalue weighted by atomic mass is 10.1. The number of anilines is 1. The van der Waals surface area contributed by atoms with E-state index in [9.17, 15) is 9.59 Å². The molecule has 6 nitrogen and oxygen atoms in total. The number of benzene rings is 2. The number of hydrogen-bond donors (Lipinski definition) is 1. The Morgan fingerprint density at radius 2 is 1.65 bits per heavy atom. The average Bonchev–Trinajstić information content (AvgIpc) is 3.20. The van der Waals surface area contributed by atoms with E-state index >= 15 is 0 Å². The molecule has 0 unspecified atom stereocenters. The van der Waals surface area contributed by atoms with E-state index in [1.54, 1.807) is 23.3 Å². The first kappa shape index (κ1) is 21.7. The number of carbonyl (C=O) groups is 1. The van der Waals surface area contributed by atoms with Crippen LogP contribution in [0.4, 0.5) is 5.69 Å². The molecule has 0 aliphatic carbocycles. The minimum absolute atomic E-state index is 0.137. The number of nitrogens with one attached hydrogen (secondary N) is 1. The highest BCUT2D eigenvalue weighted by Crippen LogP contribution is 2.28. The molecule has 0 bridgehead atoms. The Hall–Kier alpha value is -4.10. The van der Waals surface area contributed by atoms with Crippen LogP contribution in [0.1, 0.15) is 31.9 Å². The SMILES string of the molecule is Cc1c(C(=O)Nc2ccc(Cc3ccncc3)cc2)sc2ncn(Cc3ccccc3)c(=O)c12. The van der Waals surface area contributed by atoms with Gasteiger partial charge in [0.15, 0.2) is 0 Å². The van der Waals surface area contributed by atoms with Crippen molar-refractivity contribution in [3.05, 3.63) is 123 Å². The van der Waals surface area contributed by atoms with E-state index in [0.717, 1.165) is 17.5 Å². The van der Waals surface area contributed by atoms with Crippen molar-refractivity contribution in [3.8, 4) is 0 Å². The second-order valence-corrected chi connectivity index (χ2v) is 9.08. The highest BCUT2D eigenvalue weighted by atomic mass is 32.1. The van der Waals surface area contributed by atoms with Gasteiger partial charge in [-0.05, 0) is 59.9 Å². The van der Waals surface area contributed by atoms with Crippen molar-refractivity contribution >= 4 is 33.1 Å². The minimum Gasteiger partial charge on any atom is -0.321 e. The van der Waals surface area contributed by atoms with Crippen LogP contribution in [0.2, 0.25) is 0 Å². The molecule has 0 aliphatic rings. The fourth-order valence-corrected chi connectivity index (χ4v) is 4.93. The van der Waals surface area contributed by atoms with Gasteiger partial charge < -0.3 is 5.32 Å². The van der Waals surface area contributed by atoms with Crippen LogP contribution in [0, 0.1) is 6.92 Å². The molecule has 0 atom stereocenters. The molecule has 3 aromatic heterocycles. The van der Waals surface area contributed by atoms with E-state index in [1.165, 1.54) is 16.9 Å². The second-order valence-electron chi connectivity index (χ2n) is 8.08. The highest BCUT2D eigenvalue weighted by molar-refractivity contribution is 7.20. The molecule has 34 heavy (non-hydrogen) atoms. The zero-order valence-electron chi connectivity index (χ0n) is 18.6. The number of fused-ring (bicyclic) bond motifs is 1. The molecule has 3 heterocycles. The fraction of sp³-hybridized carbons (Fsp3) is 0.111. The predicted molar refractivity (Wildman–Crippen MR) is 136 cm³/mol. The van der Waals surface area contributed by atoms with Crippen LogP contribution < -0.4 is 10.9 Å². The molecular weight excluding hydrogens is 444 g/mol. The van der Waals surface area contributed by atoms with Crippen molar-refractivity contribution < 1.29 is 4.79 Å². The standard InChI is InChI=1S/C27H22N4O2S/c1-18-23-26(29-17-31(27(23)33)16-21-5-3-2-4-6-21)34-24(18)25(32)30-22-9-7-19(8-10-22)15-20-11-13-28-14-12-20/h2-14,17H,15-16H2,1H3,(H,30,32). The number of amides is 1. The summed E-state index contributed by atoms with van der Waals surface area (Å²) in [5.74, 6) is -0.239. The zero-order valence-corrected chi connectivity index (χ0v) is 19.4. The van der Waals surface area contributed by atoms with Crippen LogP contribution in [0.5, 0.6) is 0 Å². The Balaban J connectivity index is 1.35. The molecule has 1 amide bonds. The summed E-state index contributed by atoms with van der Waals surface area (Å²) in [6.07, 6.45) is 5.91. The lowest BCUT2D eigenvalue weighted by Gasteiger charge is -2.07. The largest absolute Gasteiger partial charge is 0.321 e. The maximum atomic E-state index is 13.1. The summed E-state index contributed by atoms with van der Waals surface area (Å²) in [6.45, 7) is 2.24. The third-order valence-corrected chi connectivity index (χ3v) is 6.89. The van der Waals surface area contributed by atoms with Gasteiger partial charge in [-0.2, -0.15) is 0 Å². The molecule has 0 spiro atoms. The lowest BCUT2D eigenvalue weighted by Crippen LogP contribution is -2.21. The number of aryl methyl sites for hydroxylation is 1. The van der Waals surface area contributed by atoms with Gasteiger partial charge in [0.2, 0.25) is 0 Å². The first-order valence-corrected chi connectivity index (χ1v) is 11.7. The molecular formula is C27H22N4O2S. The van der Waals surface area contributed by atoms with Crippen molar-refractivity contribution in [2.75, 3.05) is 5.32 Å². The number of nitrogens with zero attached hydrogens (tertiary/aromatic N) is 3. The fourth-order valence-electron chi connectivity index (χ4n) is 3.90. The third kappa shape index (κ3) is 4.51. The number of pyridine rings is 1. The summed E-state index contributed by atoms with van der Waals surface area (Å²) in [5.41, 5.74) is 4.57. The molecule has 0 fully saturated rings. The Bertz CT molecular complexity index is 1510. The third-order valence-electron chi connectivity index (χ3n) is 5.69. The number of carbonyl (C=O) groups excluding carboxylic acids is 1. The van der Waals surface area contributed by atoms with E-state index in [2.05, 4.69) is 15.3 Å². The van der Waals surface area contributed by atoms with Gasteiger partial charge in [-0.1, -0.05) is 42.5 Å². The van der Waals surface area contributed by atoms with Gasteiger partial charge in [-0.15, -0.1) is 11.3 Å². The van der Waals surface area contributed by atoms with Crippen molar-refractivity contribution in [1.82, 2.24) is 14.5 Å². The second kappa shape index (κ2) is 9.41. The van der Waals surface area contributed by atoms with Crippen LogP contribution in [0.3, 0.4) is 0 Å². The highest BCUT2D eigenvalue weighted by Gasteiger charge is 2.19. The summed E-state index contributed by atoms with van der Waals surface area (Å²) in [5, 5.41) is 3.45. The Labute approximate surface area is 200 Å². The van der Waals surface area contributed by atoms with Gasteiger partial charge in [0.25, 0.3) is 11.5 Å². The average molecular weight is 467 g/mol. The molecule has 0 aliphatic heterocycles. The van der Waals surface area contributed by atoms with E-state index in [0.29, 0.717) is 32.9 Å². The Kier molecular flexibility index (Phi) is 6.01. The molecule has 5 aromatic rings. The molecule has 0 saturated heterocycles. The summed E-state index contributed by atoms with van der Waals surface area (Å²) >= 11 is 1.24. The smallest absolute Gasteiger partial charge is 0.266 e. The van der Waals surface area contributed by atoms with Gasteiger partial charge in [-0.25, -0.2) is 4.98 Å². The summed E-state index contributed by atoms with van der Waals surface area (Å²) < 4.78 is 1.58. The summed E-state index contributed by atoms with van der Waals surface area (Å²) in [4.78, 5) is 35.7. The van der Waals surface area contributed by atoms with Crippen LogP contribution >= 0.6 is 11.3 Å². The number of hydrogen-bond acceptors (Lipinski definition) is 5. The molecule has 0 saturated carbocycles. The summed E-state index contributed by atoms with van der Waals surface area (Å²) in [6, 6.07) is 21.5. The topological polar surface area (TPSA) is 76.9 Å². The Morgan fingerprint density at radius 1 is 0.941 bits per heavy atom. The van der Waals surface area contributed by atoms with Crippen molar-refractivity contribution in [2.24, 2.45) is 0 Å². The minimum atomic E-state index is -0.239. The van der Waals surface area contributed by atoms with Crippen molar-refractivity contribution in [2.45, 2.75) is 19.9 Å². The van der Waals surface area contributed by atoms with Crippen LogP contribution in [0.15, 0.2) is 90.2 Å². The molecule has 2 aromatic carbocycles. The Morgan fingerprint density at radius 3 is 2.38 bits per heavy atom. The molecule has 1 N–H and O–H groups in total. The van der Waals surface area contributed by atoms with E-state index in [1.807, 2.05) is 73.7 Å².